The smallest absolute Gasteiger partial charge is 0.314 e. The molecular weight excluding hydrogens is 546 g/mol. The lowest BCUT2D eigenvalue weighted by Gasteiger charge is -2.39. The molecule has 2 atom stereocenters. The number of nitro benzene ring substituents is 1. The minimum absolute atomic E-state index is 0.0163. The first-order valence-corrected chi connectivity index (χ1v) is 14.6. The van der Waals surface area contributed by atoms with Crippen molar-refractivity contribution in [3.63, 3.8) is 0 Å². The van der Waals surface area contributed by atoms with E-state index in [0.717, 1.165) is 60.2 Å². The summed E-state index contributed by atoms with van der Waals surface area (Å²) in [6, 6.07) is 17.7. The quantitative estimate of drug-likeness (QED) is 0.130. The molecule has 8 rings (SSSR count). The Bertz CT molecular complexity index is 1820. The van der Waals surface area contributed by atoms with E-state index in [1.54, 1.807) is 6.07 Å². The molecule has 4 aromatic carbocycles. The number of phenolic OH excluding ortho intramolecular Hbond substituents is 4. The molecule has 4 N–H and O–H groups in total. The van der Waals surface area contributed by atoms with E-state index in [9.17, 15) is 30.5 Å². The third-order valence-corrected chi connectivity index (χ3v) is 9.73. The topological polar surface area (TPSA) is 131 Å². The van der Waals surface area contributed by atoms with Crippen LogP contribution in [0.5, 0.6) is 23.0 Å². The Morgan fingerprint density at radius 2 is 1.23 bits per heavy atom. The van der Waals surface area contributed by atoms with Gasteiger partial charge >= 0.3 is 5.69 Å². The number of phenols is 4. The van der Waals surface area contributed by atoms with E-state index < -0.39 is 22.1 Å². The van der Waals surface area contributed by atoms with Crippen LogP contribution in [0.15, 0.2) is 54.6 Å². The maximum atomic E-state index is 11.1. The van der Waals surface area contributed by atoms with Crippen molar-refractivity contribution in [2.75, 3.05) is 27.2 Å². The second-order valence-corrected chi connectivity index (χ2v) is 12.0. The molecule has 2 aliphatic heterocycles. The molecule has 2 aliphatic carbocycles. The van der Waals surface area contributed by atoms with Gasteiger partial charge in [0.1, 0.15) is 0 Å². The van der Waals surface area contributed by atoms with E-state index >= 15 is 0 Å². The Morgan fingerprint density at radius 3 is 1.79 bits per heavy atom. The van der Waals surface area contributed by atoms with Gasteiger partial charge in [-0.05, 0) is 90.4 Å². The molecule has 220 valence electrons. The first-order valence-electron chi connectivity index (χ1n) is 14.6. The lowest BCUT2D eigenvalue weighted by Crippen LogP contribution is -2.35. The number of nitro groups is 1. The molecule has 0 aromatic heterocycles. The predicted octanol–water partition coefficient (Wildman–Crippen LogP) is 5.61. The molecule has 0 saturated carbocycles. The highest BCUT2D eigenvalue weighted by molar-refractivity contribution is 5.85. The molecule has 2 heterocycles. The molecule has 0 saturated heterocycles. The van der Waals surface area contributed by atoms with E-state index in [0.29, 0.717) is 23.6 Å². The van der Waals surface area contributed by atoms with Crippen LogP contribution in [0.4, 0.5) is 5.69 Å². The average Bonchev–Trinajstić information content (AvgIpc) is 3.00. The monoisotopic (exact) mass is 579 g/mol. The van der Waals surface area contributed by atoms with Crippen molar-refractivity contribution in [2.24, 2.45) is 0 Å². The molecule has 0 fully saturated rings. The number of rotatable bonds is 1. The molecule has 4 aliphatic rings. The molecule has 0 unspecified atom stereocenters. The summed E-state index contributed by atoms with van der Waals surface area (Å²) in [5, 5.41) is 51.6. The van der Waals surface area contributed by atoms with Crippen molar-refractivity contribution in [2.45, 2.75) is 37.8 Å². The van der Waals surface area contributed by atoms with Crippen LogP contribution in [-0.4, -0.2) is 62.3 Å². The highest BCUT2D eigenvalue weighted by Crippen LogP contribution is 2.53. The van der Waals surface area contributed by atoms with E-state index in [1.807, 2.05) is 25.2 Å². The van der Waals surface area contributed by atoms with Crippen LogP contribution in [0.1, 0.15) is 45.5 Å². The van der Waals surface area contributed by atoms with Crippen molar-refractivity contribution in [3.8, 4) is 45.3 Å². The van der Waals surface area contributed by atoms with Gasteiger partial charge in [0.25, 0.3) is 0 Å². The lowest BCUT2D eigenvalue weighted by atomic mass is 9.76. The molecule has 9 heteroatoms. The fourth-order valence-electron chi connectivity index (χ4n) is 7.55. The number of benzene rings is 4. The third-order valence-electron chi connectivity index (χ3n) is 9.73. The van der Waals surface area contributed by atoms with Crippen LogP contribution < -0.4 is 0 Å². The molecule has 43 heavy (non-hydrogen) atoms. The van der Waals surface area contributed by atoms with Crippen LogP contribution in [0.2, 0.25) is 0 Å². The Kier molecular flexibility index (Phi) is 6.34. The summed E-state index contributed by atoms with van der Waals surface area (Å²) >= 11 is 0. The van der Waals surface area contributed by atoms with Crippen LogP contribution in [0.3, 0.4) is 0 Å². The summed E-state index contributed by atoms with van der Waals surface area (Å²) in [6.07, 6.45) is 3.46. The van der Waals surface area contributed by atoms with Gasteiger partial charge in [-0.3, -0.25) is 19.9 Å². The number of hydrogen-bond acceptors (Lipinski definition) is 8. The van der Waals surface area contributed by atoms with Crippen LogP contribution in [0.25, 0.3) is 22.3 Å². The van der Waals surface area contributed by atoms with Crippen molar-refractivity contribution in [3.05, 3.63) is 98.1 Å². The second-order valence-electron chi connectivity index (χ2n) is 12.0. The molecule has 9 nitrogen and oxygen atoms in total. The first-order chi connectivity index (χ1) is 20.7. The normalized spacial score (nSPS) is 19.7. The summed E-state index contributed by atoms with van der Waals surface area (Å²) in [6.45, 7) is 2.00. The zero-order valence-corrected chi connectivity index (χ0v) is 24.0. The number of fused-ring (bicyclic) bond motifs is 4. The number of likely N-dealkylation sites (N-methyl/N-ethyl adjacent to an activating group) is 2. The van der Waals surface area contributed by atoms with Crippen LogP contribution in [-0.2, 0) is 25.7 Å². The van der Waals surface area contributed by atoms with Crippen molar-refractivity contribution >= 4 is 5.69 Å². The molecule has 0 spiro atoms. The summed E-state index contributed by atoms with van der Waals surface area (Å²) in [5.74, 6) is -1.07. The summed E-state index contributed by atoms with van der Waals surface area (Å²) < 4.78 is 0. The van der Waals surface area contributed by atoms with Crippen LogP contribution >= 0.6 is 0 Å². The maximum absolute atomic E-state index is 11.1. The summed E-state index contributed by atoms with van der Waals surface area (Å²) in [4.78, 5) is 15.1. The van der Waals surface area contributed by atoms with Gasteiger partial charge in [-0.1, -0.05) is 42.5 Å². The zero-order valence-electron chi connectivity index (χ0n) is 24.0. The Labute approximate surface area is 249 Å². The Balaban J connectivity index is 0.000000141. The van der Waals surface area contributed by atoms with E-state index in [-0.39, 0.29) is 17.5 Å². The highest BCUT2D eigenvalue weighted by atomic mass is 16.6. The fraction of sp³-hybridized carbons (Fsp3) is 0.294. The van der Waals surface area contributed by atoms with Gasteiger partial charge in [0.15, 0.2) is 17.2 Å². The largest absolute Gasteiger partial charge is 0.504 e. The van der Waals surface area contributed by atoms with E-state index in [1.165, 1.54) is 22.8 Å². The van der Waals surface area contributed by atoms with Gasteiger partial charge in [-0.25, -0.2) is 0 Å². The third kappa shape index (κ3) is 4.14. The first kappa shape index (κ1) is 27.2. The number of aromatic hydroxyl groups is 4. The van der Waals surface area contributed by atoms with E-state index in [2.05, 4.69) is 41.1 Å². The van der Waals surface area contributed by atoms with Gasteiger partial charge < -0.3 is 20.4 Å². The molecule has 0 amide bonds. The Morgan fingerprint density at radius 1 is 0.698 bits per heavy atom. The lowest BCUT2D eigenvalue weighted by molar-refractivity contribution is -0.386. The van der Waals surface area contributed by atoms with Gasteiger partial charge in [-0.15, -0.1) is 0 Å². The Hall–Kier alpha value is -4.60. The minimum atomic E-state index is -0.661. The zero-order chi connectivity index (χ0) is 30.2. The summed E-state index contributed by atoms with van der Waals surface area (Å²) in [7, 11) is 4.21. The molecule has 4 aromatic rings. The predicted molar refractivity (Wildman–Crippen MR) is 163 cm³/mol. The SMILES string of the molecule is CN1CCc2cccc3c2[C@H]1Cc1cc([N+](=O)[O-])c(O)c(O)c1-3.CN1CCc2cccc3c2[C@H]1Cc1ccc(O)c(O)c1-3. The molecular formula is C34H33N3O6. The van der Waals surface area contributed by atoms with Crippen molar-refractivity contribution < 1.29 is 25.3 Å². The molecule has 0 bridgehead atoms. The van der Waals surface area contributed by atoms with Gasteiger partial charge in [-0.2, -0.15) is 0 Å². The minimum Gasteiger partial charge on any atom is -0.504 e. The maximum Gasteiger partial charge on any atom is 0.314 e. The average molecular weight is 580 g/mol. The summed E-state index contributed by atoms with van der Waals surface area (Å²) in [5.41, 5.74) is 9.76. The fourth-order valence-corrected chi connectivity index (χ4v) is 7.55. The molecule has 0 radical (unpaired) electrons. The van der Waals surface area contributed by atoms with Crippen molar-refractivity contribution in [1.82, 2.24) is 9.80 Å². The van der Waals surface area contributed by atoms with Crippen LogP contribution in [0, 0.1) is 10.1 Å². The number of hydrogen-bond donors (Lipinski definition) is 4. The van der Waals surface area contributed by atoms with Crippen molar-refractivity contribution in [1.29, 1.82) is 0 Å². The van der Waals surface area contributed by atoms with Gasteiger partial charge in [0.2, 0.25) is 5.75 Å². The second kappa shape index (κ2) is 10.00. The number of nitrogens with zero attached hydrogens (tertiary/aromatic N) is 3. The van der Waals surface area contributed by atoms with Gasteiger partial charge in [0, 0.05) is 42.4 Å². The standard InChI is InChI=1S/C17H16N2O4.C17H17NO2/c1-18-6-5-9-3-2-4-11-14(9)12(18)7-10-8-13(19(22)23)16(20)17(21)15(10)11;1-18-8-7-10-3-2-4-12-15(10)13(18)9-11-5-6-14(19)17(20)16(11)12/h2-4,8,12,20-21H,5-7H2,1H3;2-6,13,19-20H,7-9H2,1H3/t12-;13-/m11/s1. The van der Waals surface area contributed by atoms with Gasteiger partial charge in [0.05, 0.1) is 4.92 Å². The highest BCUT2D eigenvalue weighted by Gasteiger charge is 2.37. The van der Waals surface area contributed by atoms with E-state index in [4.69, 9.17) is 0 Å².